The first-order chi connectivity index (χ1) is 8.21. The van der Waals surface area contributed by atoms with Crippen LogP contribution in [0.3, 0.4) is 0 Å². The molecule has 0 radical (unpaired) electrons. The van der Waals surface area contributed by atoms with Gasteiger partial charge in [0, 0.05) is 5.57 Å². The molecule has 0 amide bonds. The minimum Gasteiger partial charge on any atom is -0.385 e. The molecule has 0 saturated heterocycles. The van der Waals surface area contributed by atoms with Crippen molar-refractivity contribution in [3.05, 3.63) is 11.1 Å². The molecule has 0 aromatic carbocycles. The second kappa shape index (κ2) is 3.24. The van der Waals surface area contributed by atoms with Crippen LogP contribution >= 0.6 is 0 Å². The number of Topliss-reactive ketones (excluding diaryl/α,β-unsaturated/α-hetero) is 1. The summed E-state index contributed by atoms with van der Waals surface area (Å²) in [5.41, 5.74) is -0.276. The van der Waals surface area contributed by atoms with Gasteiger partial charge in [0.15, 0.2) is 0 Å². The summed E-state index contributed by atoms with van der Waals surface area (Å²) in [6, 6.07) is 0. The highest BCUT2D eigenvalue weighted by Gasteiger charge is 2.62. The van der Waals surface area contributed by atoms with E-state index in [4.69, 9.17) is 4.74 Å². The van der Waals surface area contributed by atoms with Crippen molar-refractivity contribution in [2.75, 3.05) is 0 Å². The fourth-order valence-corrected chi connectivity index (χ4v) is 4.03. The van der Waals surface area contributed by atoms with Crippen molar-refractivity contribution in [1.29, 1.82) is 0 Å². The van der Waals surface area contributed by atoms with Gasteiger partial charge in [0.2, 0.25) is 11.6 Å². The highest BCUT2D eigenvalue weighted by atomic mass is 16.6. The van der Waals surface area contributed by atoms with Gasteiger partial charge in [-0.2, -0.15) is 0 Å². The third kappa shape index (κ3) is 1.29. The van der Waals surface area contributed by atoms with Gasteiger partial charge in [-0.1, -0.05) is 6.92 Å². The molecule has 100 valence electrons. The number of ketones is 1. The van der Waals surface area contributed by atoms with E-state index in [1.54, 1.807) is 0 Å². The van der Waals surface area contributed by atoms with Gasteiger partial charge in [-0.05, 0) is 51.0 Å². The molecule has 0 unspecified atom stereocenters. The Morgan fingerprint density at radius 1 is 1.28 bits per heavy atom. The fourth-order valence-electron chi connectivity index (χ4n) is 4.03. The van der Waals surface area contributed by atoms with Crippen LogP contribution < -0.4 is 0 Å². The zero-order valence-electron chi connectivity index (χ0n) is 11.1. The van der Waals surface area contributed by atoms with E-state index in [9.17, 15) is 15.0 Å². The number of carbonyl (C=O) groups is 1. The molecule has 2 N–H and O–H groups in total. The van der Waals surface area contributed by atoms with E-state index in [1.807, 2.05) is 13.8 Å². The number of aliphatic hydroxyl groups is 2. The summed E-state index contributed by atoms with van der Waals surface area (Å²) in [4.78, 5) is 12.2. The lowest BCUT2D eigenvalue weighted by atomic mass is 9.69. The molecule has 2 aliphatic carbocycles. The Morgan fingerprint density at radius 2 is 1.94 bits per heavy atom. The van der Waals surface area contributed by atoms with Gasteiger partial charge < -0.3 is 14.9 Å². The smallest absolute Gasteiger partial charge is 0.228 e. The quantitative estimate of drug-likeness (QED) is 0.682. The zero-order chi connectivity index (χ0) is 13.3. The van der Waals surface area contributed by atoms with Crippen molar-refractivity contribution in [1.82, 2.24) is 0 Å². The summed E-state index contributed by atoms with van der Waals surface area (Å²) in [6.45, 7) is 5.30. The second-order valence-electron chi connectivity index (χ2n) is 6.36. The van der Waals surface area contributed by atoms with E-state index in [1.165, 1.54) is 6.92 Å². The molecule has 1 heterocycles. The maximum Gasteiger partial charge on any atom is 0.228 e. The summed E-state index contributed by atoms with van der Waals surface area (Å²) in [5.74, 6) is -1.99. The van der Waals surface area contributed by atoms with E-state index < -0.39 is 17.0 Å². The molecule has 3 aliphatic rings. The number of hydrogen-bond acceptors (Lipinski definition) is 4. The van der Waals surface area contributed by atoms with Crippen molar-refractivity contribution in [3.63, 3.8) is 0 Å². The van der Waals surface area contributed by atoms with Crippen LogP contribution in [0.25, 0.3) is 0 Å². The summed E-state index contributed by atoms with van der Waals surface area (Å²) in [7, 11) is 0. The number of ether oxygens (including phenoxy) is 1. The van der Waals surface area contributed by atoms with Crippen LogP contribution in [-0.2, 0) is 9.53 Å². The second-order valence-corrected chi connectivity index (χ2v) is 6.36. The van der Waals surface area contributed by atoms with Crippen LogP contribution in [0.15, 0.2) is 11.1 Å². The van der Waals surface area contributed by atoms with Crippen LogP contribution in [0, 0.1) is 5.92 Å². The first-order valence-electron chi connectivity index (χ1n) is 6.64. The molecule has 18 heavy (non-hydrogen) atoms. The lowest BCUT2D eigenvalue weighted by Gasteiger charge is -2.47. The van der Waals surface area contributed by atoms with Gasteiger partial charge in [-0.25, -0.2) is 0 Å². The van der Waals surface area contributed by atoms with E-state index in [0.29, 0.717) is 24.8 Å². The van der Waals surface area contributed by atoms with Crippen molar-refractivity contribution in [2.45, 2.75) is 63.4 Å². The Morgan fingerprint density at radius 3 is 2.61 bits per heavy atom. The van der Waals surface area contributed by atoms with Gasteiger partial charge >= 0.3 is 0 Å². The van der Waals surface area contributed by atoms with Crippen molar-refractivity contribution < 1.29 is 19.7 Å². The van der Waals surface area contributed by atoms with Crippen molar-refractivity contribution in [2.24, 2.45) is 5.92 Å². The van der Waals surface area contributed by atoms with Gasteiger partial charge in [0.25, 0.3) is 0 Å². The molecular weight excluding hydrogens is 232 g/mol. The van der Waals surface area contributed by atoms with Crippen LogP contribution in [0.4, 0.5) is 0 Å². The average Bonchev–Trinajstić information content (AvgIpc) is 2.53. The Hall–Kier alpha value is -0.710. The lowest BCUT2D eigenvalue weighted by molar-refractivity contribution is -0.236. The van der Waals surface area contributed by atoms with Crippen LogP contribution in [-0.4, -0.2) is 33.0 Å². The molecule has 0 bridgehead atoms. The van der Waals surface area contributed by atoms with E-state index in [-0.39, 0.29) is 11.7 Å². The Labute approximate surface area is 107 Å². The molecule has 1 saturated carbocycles. The van der Waals surface area contributed by atoms with Gasteiger partial charge in [0.1, 0.15) is 0 Å². The SMILES string of the molecule is C[C@@H]1CCC2=C3[C@](C)(CC[C@]31O)O[C@@](C)(O)C2=O. The largest absolute Gasteiger partial charge is 0.385 e. The Balaban J connectivity index is 2.23. The van der Waals surface area contributed by atoms with Gasteiger partial charge in [-0.15, -0.1) is 0 Å². The number of rotatable bonds is 0. The highest BCUT2D eigenvalue weighted by molar-refractivity contribution is 6.03. The minimum absolute atomic E-state index is 0.137. The Kier molecular flexibility index (Phi) is 2.22. The summed E-state index contributed by atoms with van der Waals surface area (Å²) in [5, 5.41) is 21.0. The van der Waals surface area contributed by atoms with Gasteiger partial charge in [-0.3, -0.25) is 4.79 Å². The molecule has 0 aromatic rings. The topological polar surface area (TPSA) is 66.8 Å². The van der Waals surface area contributed by atoms with Crippen molar-refractivity contribution in [3.8, 4) is 0 Å². The third-order valence-corrected chi connectivity index (χ3v) is 5.01. The fraction of sp³-hybridized carbons (Fsp3) is 0.786. The normalized spacial score (nSPS) is 51.6. The molecule has 1 aliphatic heterocycles. The van der Waals surface area contributed by atoms with Crippen LogP contribution in [0.1, 0.15) is 46.5 Å². The summed E-state index contributed by atoms with van der Waals surface area (Å²) >= 11 is 0. The predicted molar refractivity (Wildman–Crippen MR) is 64.7 cm³/mol. The van der Waals surface area contributed by atoms with E-state index in [0.717, 1.165) is 12.0 Å². The molecule has 4 nitrogen and oxygen atoms in total. The molecule has 0 aromatic heterocycles. The van der Waals surface area contributed by atoms with Crippen LogP contribution in [0.2, 0.25) is 0 Å². The first kappa shape index (κ1) is 12.3. The zero-order valence-corrected chi connectivity index (χ0v) is 11.1. The standard InChI is InChI=1S/C14H20O4/c1-8-4-5-9-10-12(2,6-7-14(8,10)17)18-13(3,16)11(9)15/h8,16-17H,4-7H2,1-3H3/t8-,12+,13-,14-/m1/s1. The monoisotopic (exact) mass is 252 g/mol. The lowest BCUT2D eigenvalue weighted by Crippen LogP contribution is -2.56. The maximum atomic E-state index is 12.2. The van der Waals surface area contributed by atoms with E-state index >= 15 is 0 Å². The van der Waals surface area contributed by atoms with Gasteiger partial charge in [0.05, 0.1) is 11.2 Å². The van der Waals surface area contributed by atoms with Crippen molar-refractivity contribution >= 4 is 5.78 Å². The molecule has 4 atom stereocenters. The number of hydrogen-bond donors (Lipinski definition) is 2. The molecule has 0 spiro atoms. The van der Waals surface area contributed by atoms with Crippen LogP contribution in [0.5, 0.6) is 0 Å². The summed E-state index contributed by atoms with van der Waals surface area (Å²) in [6.07, 6.45) is 2.67. The summed E-state index contributed by atoms with van der Waals surface area (Å²) < 4.78 is 5.64. The third-order valence-electron chi connectivity index (χ3n) is 5.01. The minimum atomic E-state index is -1.75. The van der Waals surface area contributed by atoms with E-state index in [2.05, 4.69) is 0 Å². The molecule has 4 heteroatoms. The Bertz CT molecular complexity index is 464. The molecule has 1 fully saturated rings. The molecular formula is C14H20O4. The number of carbonyl (C=O) groups excluding carboxylic acids is 1. The predicted octanol–water partition coefficient (Wildman–Crippen LogP) is 1.30. The molecule has 3 rings (SSSR count). The first-order valence-corrected chi connectivity index (χ1v) is 6.64. The maximum absolute atomic E-state index is 12.2. The highest BCUT2D eigenvalue weighted by Crippen LogP contribution is 2.57. The average molecular weight is 252 g/mol.